The number of primary amides is 1. The zero-order chi connectivity index (χ0) is 25.5. The maximum absolute atomic E-state index is 12.3. The molecule has 0 aliphatic rings. The number of nitrogens with two attached hydrogens (primary N) is 1. The molecule has 8 nitrogen and oxygen atoms in total. The van der Waals surface area contributed by atoms with Gasteiger partial charge in [0.1, 0.15) is 29.6 Å². The van der Waals surface area contributed by atoms with Crippen LogP contribution in [0.25, 0.3) is 10.9 Å². The molecule has 184 valence electrons. The van der Waals surface area contributed by atoms with Crippen molar-refractivity contribution in [2.24, 2.45) is 5.73 Å². The third-order valence-corrected chi connectivity index (χ3v) is 5.53. The lowest BCUT2D eigenvalue weighted by Gasteiger charge is -2.14. The summed E-state index contributed by atoms with van der Waals surface area (Å²) in [4.78, 5) is 28.7. The lowest BCUT2D eigenvalue weighted by Crippen LogP contribution is -2.14. The van der Waals surface area contributed by atoms with E-state index in [1.54, 1.807) is 74.0 Å². The van der Waals surface area contributed by atoms with Gasteiger partial charge >= 0.3 is 5.97 Å². The van der Waals surface area contributed by atoms with E-state index in [-0.39, 0.29) is 18.6 Å². The molecule has 1 heterocycles. The summed E-state index contributed by atoms with van der Waals surface area (Å²) < 4.78 is 22.0. The fraction of sp³-hybridized carbons (Fsp3) is 0.148. The smallest absolute Gasteiger partial charge is 0.315 e. The van der Waals surface area contributed by atoms with Gasteiger partial charge in [-0.25, -0.2) is 0 Å². The van der Waals surface area contributed by atoms with Crippen molar-refractivity contribution in [3.05, 3.63) is 89.1 Å². The Hall–Kier alpha value is -4.14. The van der Waals surface area contributed by atoms with Gasteiger partial charge in [0.2, 0.25) is 0 Å². The Morgan fingerprint density at radius 1 is 0.944 bits per heavy atom. The van der Waals surface area contributed by atoms with E-state index in [0.717, 1.165) is 0 Å². The molecule has 3 aromatic carbocycles. The minimum absolute atomic E-state index is 0.0000148. The number of esters is 1. The second kappa shape index (κ2) is 11.5. The maximum atomic E-state index is 12.3. The second-order valence-corrected chi connectivity index (χ2v) is 8.11. The molecule has 0 saturated carbocycles. The van der Waals surface area contributed by atoms with Gasteiger partial charge in [0.25, 0.3) is 5.91 Å². The van der Waals surface area contributed by atoms with Crippen LogP contribution in [0.5, 0.6) is 23.0 Å². The molecular formula is C27H23ClN2O6. The van der Waals surface area contributed by atoms with Crippen molar-refractivity contribution in [2.75, 3.05) is 20.3 Å². The van der Waals surface area contributed by atoms with Gasteiger partial charge in [-0.1, -0.05) is 35.9 Å². The summed E-state index contributed by atoms with van der Waals surface area (Å²) in [6, 6.07) is 18.7. The van der Waals surface area contributed by atoms with Crippen LogP contribution in [0.4, 0.5) is 0 Å². The minimum Gasteiger partial charge on any atom is -0.490 e. The fourth-order valence-electron chi connectivity index (χ4n) is 3.46. The Labute approximate surface area is 212 Å². The molecule has 0 fully saturated rings. The molecular weight excluding hydrogens is 484 g/mol. The van der Waals surface area contributed by atoms with E-state index >= 15 is 0 Å². The first-order valence-electron chi connectivity index (χ1n) is 11.0. The quantitative estimate of drug-likeness (QED) is 0.184. The molecule has 0 radical (unpaired) electrons. The number of aromatic nitrogens is 1. The highest BCUT2D eigenvalue weighted by Crippen LogP contribution is 2.34. The minimum atomic E-state index is -0.645. The van der Waals surface area contributed by atoms with Crippen LogP contribution in [0.3, 0.4) is 0 Å². The van der Waals surface area contributed by atoms with Crippen molar-refractivity contribution in [1.82, 2.24) is 4.98 Å². The SMILES string of the molecule is COCCOc1cc2nccc(Oc3ccc(CC(=O)Oc4ccccc4)c(Cl)c3)c2cc1C(N)=O. The van der Waals surface area contributed by atoms with E-state index in [4.69, 9.17) is 36.3 Å². The monoisotopic (exact) mass is 506 g/mol. The standard InChI is InChI=1S/C27H23ClN2O6/c1-33-11-12-34-25-16-23-20(15-21(25)27(29)32)24(9-10-30-23)35-19-8-7-17(22(28)14-19)13-26(31)36-18-5-3-2-4-6-18/h2-10,14-16H,11-13H2,1H3,(H2,29,32). The molecule has 0 aliphatic heterocycles. The van der Waals surface area contributed by atoms with Crippen LogP contribution < -0.4 is 19.9 Å². The van der Waals surface area contributed by atoms with E-state index < -0.39 is 11.9 Å². The van der Waals surface area contributed by atoms with Crippen molar-refractivity contribution >= 4 is 34.4 Å². The number of nitrogens with zero attached hydrogens (tertiary/aromatic N) is 1. The van der Waals surface area contributed by atoms with Gasteiger partial charge in [-0.15, -0.1) is 0 Å². The van der Waals surface area contributed by atoms with Gasteiger partial charge in [-0.3, -0.25) is 14.6 Å². The van der Waals surface area contributed by atoms with Crippen molar-refractivity contribution in [1.29, 1.82) is 0 Å². The van der Waals surface area contributed by atoms with E-state index in [2.05, 4.69) is 4.98 Å². The van der Waals surface area contributed by atoms with Crippen LogP contribution in [-0.4, -0.2) is 37.2 Å². The fourth-order valence-corrected chi connectivity index (χ4v) is 3.69. The van der Waals surface area contributed by atoms with Crippen LogP contribution in [0.15, 0.2) is 72.9 Å². The van der Waals surface area contributed by atoms with Crippen LogP contribution >= 0.6 is 11.6 Å². The summed E-state index contributed by atoms with van der Waals surface area (Å²) in [6.45, 7) is 0.607. The Morgan fingerprint density at radius 3 is 2.47 bits per heavy atom. The Morgan fingerprint density at radius 2 is 1.75 bits per heavy atom. The average molecular weight is 507 g/mol. The van der Waals surface area contributed by atoms with Crippen molar-refractivity contribution in [3.8, 4) is 23.0 Å². The van der Waals surface area contributed by atoms with Crippen molar-refractivity contribution in [3.63, 3.8) is 0 Å². The molecule has 0 atom stereocenters. The van der Waals surface area contributed by atoms with Crippen molar-refractivity contribution in [2.45, 2.75) is 6.42 Å². The molecule has 4 aromatic rings. The molecule has 0 saturated heterocycles. The number of hydrogen-bond acceptors (Lipinski definition) is 7. The summed E-state index contributed by atoms with van der Waals surface area (Å²) in [7, 11) is 1.55. The topological polar surface area (TPSA) is 110 Å². The number of amides is 1. The van der Waals surface area contributed by atoms with Crippen molar-refractivity contribution < 1.29 is 28.5 Å². The number of para-hydroxylation sites is 1. The Bertz CT molecular complexity index is 1390. The van der Waals surface area contributed by atoms with Gasteiger partial charge < -0.3 is 24.7 Å². The lowest BCUT2D eigenvalue weighted by atomic mass is 10.1. The number of pyridine rings is 1. The zero-order valence-corrected chi connectivity index (χ0v) is 20.2. The second-order valence-electron chi connectivity index (χ2n) is 7.70. The number of benzene rings is 3. The summed E-state index contributed by atoms with van der Waals surface area (Å²) in [5.41, 5.74) is 6.91. The zero-order valence-electron chi connectivity index (χ0n) is 19.4. The highest BCUT2D eigenvalue weighted by Gasteiger charge is 2.16. The molecule has 0 aliphatic carbocycles. The van der Waals surface area contributed by atoms with Crippen LogP contribution in [-0.2, 0) is 16.0 Å². The molecule has 4 rings (SSSR count). The average Bonchev–Trinajstić information content (AvgIpc) is 2.86. The van der Waals surface area contributed by atoms with E-state index in [9.17, 15) is 9.59 Å². The summed E-state index contributed by atoms with van der Waals surface area (Å²) in [5, 5.41) is 0.916. The Kier molecular flexibility index (Phi) is 7.99. The van der Waals surface area contributed by atoms with Gasteiger partial charge in [-0.2, -0.15) is 0 Å². The number of rotatable bonds is 10. The van der Waals surface area contributed by atoms with Gasteiger partial charge in [0.05, 0.1) is 24.1 Å². The van der Waals surface area contributed by atoms with Gasteiger partial charge in [-0.05, 0) is 42.0 Å². The predicted molar refractivity (Wildman–Crippen MR) is 135 cm³/mol. The molecule has 0 bridgehead atoms. The van der Waals surface area contributed by atoms with Crippen LogP contribution in [0.2, 0.25) is 5.02 Å². The Balaban J connectivity index is 1.54. The van der Waals surface area contributed by atoms with Crippen LogP contribution in [0.1, 0.15) is 15.9 Å². The molecule has 2 N–H and O–H groups in total. The number of hydrogen-bond donors (Lipinski definition) is 1. The van der Waals surface area contributed by atoms with E-state index in [0.29, 0.717) is 51.1 Å². The summed E-state index contributed by atoms with van der Waals surface area (Å²) in [5.74, 6) is 0.581. The van der Waals surface area contributed by atoms with E-state index in [1.165, 1.54) is 0 Å². The highest BCUT2D eigenvalue weighted by atomic mass is 35.5. The summed E-state index contributed by atoms with van der Waals surface area (Å²) in [6.07, 6.45) is 1.58. The highest BCUT2D eigenvalue weighted by molar-refractivity contribution is 6.31. The summed E-state index contributed by atoms with van der Waals surface area (Å²) >= 11 is 6.42. The first-order chi connectivity index (χ1) is 17.4. The van der Waals surface area contributed by atoms with Gasteiger partial charge in [0, 0.05) is 29.8 Å². The van der Waals surface area contributed by atoms with Gasteiger partial charge in [0.15, 0.2) is 0 Å². The number of methoxy groups -OCH3 is 1. The molecule has 0 unspecified atom stereocenters. The number of fused-ring (bicyclic) bond motifs is 1. The normalized spacial score (nSPS) is 10.7. The maximum Gasteiger partial charge on any atom is 0.315 e. The number of carbonyl (C=O) groups excluding carboxylic acids is 2. The molecule has 9 heteroatoms. The molecule has 1 amide bonds. The third kappa shape index (κ3) is 6.10. The largest absolute Gasteiger partial charge is 0.490 e. The van der Waals surface area contributed by atoms with E-state index in [1.807, 2.05) is 6.07 Å². The number of carbonyl (C=O) groups is 2. The first kappa shape index (κ1) is 25.0. The van der Waals surface area contributed by atoms with Crippen LogP contribution in [0, 0.1) is 0 Å². The lowest BCUT2D eigenvalue weighted by molar-refractivity contribution is -0.133. The third-order valence-electron chi connectivity index (χ3n) is 5.18. The number of halogens is 1. The molecule has 0 spiro atoms. The molecule has 1 aromatic heterocycles. The number of ether oxygens (including phenoxy) is 4. The first-order valence-corrected chi connectivity index (χ1v) is 11.4. The molecule has 36 heavy (non-hydrogen) atoms. The predicted octanol–water partition coefficient (Wildman–Crippen LogP) is 4.95.